The van der Waals surface area contributed by atoms with Crippen molar-refractivity contribution < 1.29 is 4.42 Å². The van der Waals surface area contributed by atoms with Crippen LogP contribution in [0.15, 0.2) is 132 Å². The number of para-hydroxylation sites is 3. The zero-order valence-electron chi connectivity index (χ0n) is 22.4. The Hall–Kier alpha value is -6.10. The monoisotopic (exact) mass is 535 g/mol. The summed E-state index contributed by atoms with van der Waals surface area (Å²) in [5, 5.41) is 14.2. The van der Waals surface area contributed by atoms with Crippen molar-refractivity contribution in [2.45, 2.75) is 0 Å². The van der Waals surface area contributed by atoms with E-state index >= 15 is 0 Å². The molecule has 0 aliphatic carbocycles. The van der Waals surface area contributed by atoms with Gasteiger partial charge in [-0.1, -0.05) is 78.9 Å². The predicted molar refractivity (Wildman–Crippen MR) is 170 cm³/mol. The third-order valence-electron chi connectivity index (χ3n) is 8.07. The van der Waals surface area contributed by atoms with Crippen molar-refractivity contribution in [3.63, 3.8) is 0 Å². The van der Waals surface area contributed by atoms with Crippen molar-refractivity contribution in [2.75, 3.05) is 0 Å². The Bertz CT molecular complexity index is 2400. The average Bonchev–Trinajstić information content (AvgIpc) is 3.60. The van der Waals surface area contributed by atoms with Crippen LogP contribution in [0.2, 0.25) is 0 Å². The molecule has 0 fully saturated rings. The molecule has 0 unspecified atom stereocenters. The number of hydrogen-bond donors (Lipinski definition) is 0. The van der Waals surface area contributed by atoms with Gasteiger partial charge in [0.25, 0.3) is 0 Å². The van der Waals surface area contributed by atoms with Gasteiger partial charge in [-0.25, -0.2) is 4.85 Å². The first-order valence-corrected chi connectivity index (χ1v) is 13.7. The molecule has 2 heterocycles. The van der Waals surface area contributed by atoms with E-state index in [-0.39, 0.29) is 0 Å². The van der Waals surface area contributed by atoms with E-state index in [2.05, 4.69) is 82.2 Å². The lowest BCUT2D eigenvalue weighted by Crippen LogP contribution is -1.93. The van der Waals surface area contributed by atoms with E-state index in [9.17, 15) is 5.26 Å². The molecule has 8 rings (SSSR count). The maximum atomic E-state index is 9.87. The Balaban J connectivity index is 1.44. The minimum Gasteiger partial charge on any atom is -0.455 e. The number of nitriles is 1. The van der Waals surface area contributed by atoms with Crippen molar-refractivity contribution >= 4 is 49.4 Å². The molecule has 6 aromatic carbocycles. The van der Waals surface area contributed by atoms with Crippen LogP contribution >= 0.6 is 0 Å². The molecular formula is C38H21N3O. The summed E-state index contributed by atoms with van der Waals surface area (Å²) in [6.07, 6.45) is 0. The Labute approximate surface area is 241 Å². The molecule has 2 aromatic heterocycles. The van der Waals surface area contributed by atoms with Gasteiger partial charge in [0, 0.05) is 43.9 Å². The van der Waals surface area contributed by atoms with Crippen molar-refractivity contribution in [1.82, 2.24) is 4.57 Å². The lowest BCUT2D eigenvalue weighted by Gasteiger charge is -2.09. The van der Waals surface area contributed by atoms with Crippen LogP contribution < -0.4 is 0 Å². The molecule has 0 saturated carbocycles. The molecule has 0 radical (unpaired) electrons. The Kier molecular flexibility index (Phi) is 5.22. The molecule has 0 N–H and O–H groups in total. The lowest BCUT2D eigenvalue weighted by atomic mass is 9.96. The van der Waals surface area contributed by atoms with Crippen LogP contribution in [0.3, 0.4) is 0 Å². The van der Waals surface area contributed by atoms with Gasteiger partial charge in [-0.3, -0.25) is 0 Å². The van der Waals surface area contributed by atoms with E-state index in [1.165, 1.54) is 0 Å². The summed E-state index contributed by atoms with van der Waals surface area (Å²) in [6, 6.07) is 45.2. The summed E-state index contributed by atoms with van der Waals surface area (Å²) < 4.78 is 8.65. The molecule has 4 heteroatoms. The summed E-state index contributed by atoms with van der Waals surface area (Å²) in [5.74, 6) is 0. The fourth-order valence-corrected chi connectivity index (χ4v) is 6.21. The maximum Gasteiger partial charge on any atom is 0.196 e. The van der Waals surface area contributed by atoms with Gasteiger partial charge in [-0.05, 0) is 59.7 Å². The zero-order valence-corrected chi connectivity index (χ0v) is 22.4. The smallest absolute Gasteiger partial charge is 0.196 e. The molecule has 0 aliphatic rings. The molecule has 0 spiro atoms. The second-order valence-corrected chi connectivity index (χ2v) is 10.3. The van der Waals surface area contributed by atoms with Crippen LogP contribution in [0.5, 0.6) is 0 Å². The zero-order chi connectivity index (χ0) is 28.2. The van der Waals surface area contributed by atoms with Crippen LogP contribution in [-0.4, -0.2) is 4.57 Å². The van der Waals surface area contributed by atoms with Gasteiger partial charge in [-0.15, -0.1) is 0 Å². The SMILES string of the molecule is [C-]#[N+]c1cccc(C#N)c1-c1ccc2c(c1)c1cc(-c3cccc4c3oc3ccccc34)ccc1n2-c1ccccc1. The quantitative estimate of drug-likeness (QED) is 0.211. The van der Waals surface area contributed by atoms with Gasteiger partial charge >= 0.3 is 0 Å². The summed E-state index contributed by atoms with van der Waals surface area (Å²) in [7, 11) is 0. The lowest BCUT2D eigenvalue weighted by molar-refractivity contribution is 0.670. The fourth-order valence-electron chi connectivity index (χ4n) is 6.21. The number of furan rings is 1. The normalized spacial score (nSPS) is 11.3. The molecule has 8 aromatic rings. The third-order valence-corrected chi connectivity index (χ3v) is 8.07. The molecule has 4 nitrogen and oxygen atoms in total. The van der Waals surface area contributed by atoms with Crippen LogP contribution in [0.25, 0.3) is 76.5 Å². The summed E-state index contributed by atoms with van der Waals surface area (Å²) in [5.41, 5.74) is 9.51. The van der Waals surface area contributed by atoms with Gasteiger partial charge < -0.3 is 8.98 Å². The van der Waals surface area contributed by atoms with Crippen molar-refractivity contribution in [2.24, 2.45) is 0 Å². The van der Waals surface area contributed by atoms with Crippen LogP contribution in [0.1, 0.15) is 5.56 Å². The molecular weight excluding hydrogens is 514 g/mol. The summed E-state index contributed by atoms with van der Waals surface area (Å²) >= 11 is 0. The van der Waals surface area contributed by atoms with Gasteiger partial charge in [0.05, 0.1) is 23.7 Å². The Morgan fingerprint density at radius 1 is 0.643 bits per heavy atom. The fraction of sp³-hybridized carbons (Fsp3) is 0. The summed E-state index contributed by atoms with van der Waals surface area (Å²) in [6.45, 7) is 7.75. The topological polar surface area (TPSA) is 46.2 Å². The first-order valence-electron chi connectivity index (χ1n) is 13.7. The maximum absolute atomic E-state index is 9.87. The molecule has 0 bridgehead atoms. The van der Waals surface area contributed by atoms with Gasteiger partial charge in [0.2, 0.25) is 0 Å². The molecule has 194 valence electrons. The Morgan fingerprint density at radius 3 is 2.12 bits per heavy atom. The van der Waals surface area contributed by atoms with Gasteiger partial charge in [0.15, 0.2) is 5.69 Å². The number of benzene rings is 6. The van der Waals surface area contributed by atoms with E-state index in [4.69, 9.17) is 11.0 Å². The number of fused-ring (bicyclic) bond motifs is 6. The highest BCUT2D eigenvalue weighted by molar-refractivity contribution is 6.14. The highest BCUT2D eigenvalue weighted by atomic mass is 16.3. The second-order valence-electron chi connectivity index (χ2n) is 10.3. The van der Waals surface area contributed by atoms with Crippen molar-refractivity contribution in [1.29, 1.82) is 5.26 Å². The van der Waals surface area contributed by atoms with Crippen molar-refractivity contribution in [3.05, 3.63) is 144 Å². The van der Waals surface area contributed by atoms with E-state index in [1.807, 2.05) is 42.5 Å². The average molecular weight is 536 g/mol. The third kappa shape index (κ3) is 3.47. The largest absolute Gasteiger partial charge is 0.455 e. The van der Waals surface area contributed by atoms with E-state index < -0.39 is 0 Å². The van der Waals surface area contributed by atoms with Crippen LogP contribution in [0, 0.1) is 17.9 Å². The van der Waals surface area contributed by atoms with Gasteiger partial charge in [0.1, 0.15) is 11.2 Å². The molecule has 0 aliphatic heterocycles. The van der Waals surface area contributed by atoms with Crippen molar-refractivity contribution in [3.8, 4) is 34.0 Å². The van der Waals surface area contributed by atoms with Crippen LogP contribution in [0.4, 0.5) is 5.69 Å². The molecule has 0 saturated heterocycles. The second kappa shape index (κ2) is 9.24. The predicted octanol–water partition coefficient (Wildman–Crippen LogP) is 10.4. The standard InChI is InChI=1S/C38H21N3O/c1-40-33-15-7-9-26(23-39)37(33)25-18-20-35-32(22-25)31-21-24(17-19-34(31)41(35)27-10-3-2-4-11-27)28-13-8-14-30-29-12-5-6-16-36(29)42-38(28)30/h2-22H. The number of aromatic nitrogens is 1. The number of nitrogens with zero attached hydrogens (tertiary/aromatic N) is 3. The van der Waals surface area contributed by atoms with E-state index in [0.717, 1.165) is 66.1 Å². The molecule has 0 atom stereocenters. The van der Waals surface area contributed by atoms with Crippen LogP contribution in [-0.2, 0) is 0 Å². The minimum atomic E-state index is 0.470. The van der Waals surface area contributed by atoms with E-state index in [0.29, 0.717) is 16.8 Å². The first-order chi connectivity index (χ1) is 20.7. The first kappa shape index (κ1) is 23.8. The Morgan fingerprint density at radius 2 is 1.33 bits per heavy atom. The highest BCUT2D eigenvalue weighted by Crippen LogP contribution is 2.41. The molecule has 0 amide bonds. The highest BCUT2D eigenvalue weighted by Gasteiger charge is 2.18. The van der Waals surface area contributed by atoms with E-state index in [1.54, 1.807) is 18.2 Å². The summed E-state index contributed by atoms with van der Waals surface area (Å²) in [4.78, 5) is 3.73. The number of hydrogen-bond acceptors (Lipinski definition) is 2. The number of rotatable bonds is 3. The molecule has 42 heavy (non-hydrogen) atoms. The van der Waals surface area contributed by atoms with Gasteiger partial charge in [-0.2, -0.15) is 5.26 Å². The minimum absolute atomic E-state index is 0.470.